The molecule has 2 heteroatoms. The van der Waals surface area contributed by atoms with Crippen LogP contribution in [0.5, 0.6) is 0 Å². The fraction of sp³-hybridized carbons (Fsp3) is 0.421. The SMILES string of the molecule is Cc1ccnc(NCC2(c3ccccc3)CCCCC2)c1. The first-order chi connectivity index (χ1) is 10.3. The van der Waals surface area contributed by atoms with E-state index in [0.29, 0.717) is 0 Å². The van der Waals surface area contributed by atoms with Crippen molar-refractivity contribution in [3.8, 4) is 0 Å². The van der Waals surface area contributed by atoms with Gasteiger partial charge in [0, 0.05) is 18.2 Å². The fourth-order valence-corrected chi connectivity index (χ4v) is 3.48. The number of anilines is 1. The standard InChI is InChI=1S/C19H24N2/c1-16-10-13-20-18(14-16)21-15-19(11-6-3-7-12-19)17-8-4-2-5-9-17/h2,4-5,8-10,13-14H,3,6-7,11-12,15H2,1H3,(H,20,21). The van der Waals surface area contributed by atoms with Crippen LogP contribution in [0.25, 0.3) is 0 Å². The molecule has 0 saturated heterocycles. The highest BCUT2D eigenvalue weighted by atomic mass is 15.0. The lowest BCUT2D eigenvalue weighted by atomic mass is 9.69. The van der Waals surface area contributed by atoms with Crippen molar-refractivity contribution >= 4 is 5.82 Å². The molecule has 110 valence electrons. The molecule has 0 amide bonds. The molecule has 1 heterocycles. The van der Waals surface area contributed by atoms with Gasteiger partial charge in [-0.1, -0.05) is 49.6 Å². The Morgan fingerprint density at radius 1 is 1.05 bits per heavy atom. The zero-order valence-electron chi connectivity index (χ0n) is 12.8. The van der Waals surface area contributed by atoms with Crippen LogP contribution in [0.1, 0.15) is 43.2 Å². The summed E-state index contributed by atoms with van der Waals surface area (Å²) >= 11 is 0. The van der Waals surface area contributed by atoms with Crippen LogP contribution in [-0.4, -0.2) is 11.5 Å². The maximum Gasteiger partial charge on any atom is 0.126 e. The summed E-state index contributed by atoms with van der Waals surface area (Å²) in [6.07, 6.45) is 8.46. The average molecular weight is 280 g/mol. The van der Waals surface area contributed by atoms with E-state index in [9.17, 15) is 0 Å². The Bertz CT molecular complexity index is 571. The molecule has 0 aliphatic heterocycles. The Hall–Kier alpha value is -1.83. The largest absolute Gasteiger partial charge is 0.369 e. The van der Waals surface area contributed by atoms with Gasteiger partial charge in [0.05, 0.1) is 0 Å². The maximum atomic E-state index is 4.44. The number of nitrogens with zero attached hydrogens (tertiary/aromatic N) is 1. The van der Waals surface area contributed by atoms with E-state index in [4.69, 9.17) is 0 Å². The summed E-state index contributed by atoms with van der Waals surface area (Å²) in [4.78, 5) is 4.44. The smallest absolute Gasteiger partial charge is 0.126 e. The molecule has 1 aliphatic rings. The summed E-state index contributed by atoms with van der Waals surface area (Å²) < 4.78 is 0. The van der Waals surface area contributed by atoms with E-state index >= 15 is 0 Å². The van der Waals surface area contributed by atoms with Crippen molar-refractivity contribution < 1.29 is 0 Å². The molecular formula is C19H24N2. The Kier molecular flexibility index (Phi) is 4.23. The predicted molar refractivity (Wildman–Crippen MR) is 88.7 cm³/mol. The second-order valence-corrected chi connectivity index (χ2v) is 6.28. The molecule has 1 fully saturated rings. The highest BCUT2D eigenvalue weighted by Gasteiger charge is 2.33. The number of rotatable bonds is 4. The van der Waals surface area contributed by atoms with Gasteiger partial charge in [-0.15, -0.1) is 0 Å². The lowest BCUT2D eigenvalue weighted by Crippen LogP contribution is -2.36. The number of hydrogen-bond acceptors (Lipinski definition) is 2. The van der Waals surface area contributed by atoms with E-state index in [2.05, 4.69) is 53.6 Å². The summed E-state index contributed by atoms with van der Waals surface area (Å²) in [5, 5.41) is 3.58. The van der Waals surface area contributed by atoms with Crippen LogP contribution in [0.2, 0.25) is 0 Å². The molecular weight excluding hydrogens is 256 g/mol. The van der Waals surface area contributed by atoms with Gasteiger partial charge in [-0.2, -0.15) is 0 Å². The van der Waals surface area contributed by atoms with Crippen LogP contribution in [0, 0.1) is 6.92 Å². The molecule has 1 N–H and O–H groups in total. The van der Waals surface area contributed by atoms with Crippen LogP contribution in [0.15, 0.2) is 48.7 Å². The molecule has 21 heavy (non-hydrogen) atoms. The molecule has 3 rings (SSSR count). The minimum atomic E-state index is 0.269. The van der Waals surface area contributed by atoms with Gasteiger partial charge in [0.1, 0.15) is 5.82 Å². The first-order valence-corrected chi connectivity index (χ1v) is 8.01. The molecule has 1 saturated carbocycles. The summed E-state index contributed by atoms with van der Waals surface area (Å²) in [5.74, 6) is 0.996. The third kappa shape index (κ3) is 3.26. The topological polar surface area (TPSA) is 24.9 Å². The van der Waals surface area contributed by atoms with Crippen LogP contribution >= 0.6 is 0 Å². The maximum absolute atomic E-state index is 4.44. The summed E-state index contributed by atoms with van der Waals surface area (Å²) in [6.45, 7) is 3.09. The van der Waals surface area contributed by atoms with Crippen molar-refractivity contribution in [2.24, 2.45) is 0 Å². The monoisotopic (exact) mass is 280 g/mol. The van der Waals surface area contributed by atoms with Gasteiger partial charge in [-0.05, 0) is 43.0 Å². The molecule has 0 bridgehead atoms. The second kappa shape index (κ2) is 6.30. The van der Waals surface area contributed by atoms with Crippen molar-refractivity contribution in [3.05, 3.63) is 59.8 Å². The molecule has 0 spiro atoms. The van der Waals surface area contributed by atoms with E-state index in [0.717, 1.165) is 12.4 Å². The highest BCUT2D eigenvalue weighted by Crippen LogP contribution is 2.39. The van der Waals surface area contributed by atoms with Crippen LogP contribution in [-0.2, 0) is 5.41 Å². The van der Waals surface area contributed by atoms with Gasteiger partial charge in [0.25, 0.3) is 0 Å². The van der Waals surface area contributed by atoms with Gasteiger partial charge >= 0.3 is 0 Å². The molecule has 0 radical (unpaired) electrons. The Morgan fingerprint density at radius 3 is 2.52 bits per heavy atom. The van der Waals surface area contributed by atoms with Crippen molar-refractivity contribution in [3.63, 3.8) is 0 Å². The van der Waals surface area contributed by atoms with Crippen LogP contribution < -0.4 is 5.32 Å². The summed E-state index contributed by atoms with van der Waals surface area (Å²) in [6, 6.07) is 15.2. The van der Waals surface area contributed by atoms with Gasteiger partial charge in [-0.3, -0.25) is 0 Å². The minimum absolute atomic E-state index is 0.269. The van der Waals surface area contributed by atoms with Crippen LogP contribution in [0.4, 0.5) is 5.82 Å². The number of aromatic nitrogens is 1. The number of pyridine rings is 1. The van der Waals surface area contributed by atoms with Gasteiger partial charge < -0.3 is 5.32 Å². The number of benzene rings is 1. The third-order valence-electron chi connectivity index (χ3n) is 4.72. The summed E-state index contributed by atoms with van der Waals surface area (Å²) in [5.41, 5.74) is 3.00. The quantitative estimate of drug-likeness (QED) is 0.877. The van der Waals surface area contributed by atoms with E-state index in [1.807, 2.05) is 12.3 Å². The van der Waals surface area contributed by atoms with Gasteiger partial charge in [0.15, 0.2) is 0 Å². The average Bonchev–Trinajstić information content (AvgIpc) is 2.55. The lowest BCUT2D eigenvalue weighted by Gasteiger charge is -2.38. The Balaban J connectivity index is 1.80. The van der Waals surface area contributed by atoms with Crippen molar-refractivity contribution in [2.75, 3.05) is 11.9 Å². The first kappa shape index (κ1) is 14.1. The van der Waals surface area contributed by atoms with E-state index in [-0.39, 0.29) is 5.41 Å². The van der Waals surface area contributed by atoms with Crippen molar-refractivity contribution in [1.29, 1.82) is 0 Å². The number of aryl methyl sites for hydroxylation is 1. The normalized spacial score (nSPS) is 17.4. The van der Waals surface area contributed by atoms with E-state index in [1.54, 1.807) is 0 Å². The third-order valence-corrected chi connectivity index (χ3v) is 4.72. The minimum Gasteiger partial charge on any atom is -0.369 e. The summed E-state index contributed by atoms with van der Waals surface area (Å²) in [7, 11) is 0. The predicted octanol–water partition coefficient (Wildman–Crippen LogP) is 4.70. The highest BCUT2D eigenvalue weighted by molar-refractivity contribution is 5.39. The zero-order valence-corrected chi connectivity index (χ0v) is 12.8. The Labute approximate surface area is 127 Å². The zero-order chi connectivity index (χ0) is 14.5. The molecule has 2 aromatic rings. The molecule has 1 aromatic carbocycles. The molecule has 1 aromatic heterocycles. The number of hydrogen-bond donors (Lipinski definition) is 1. The van der Waals surface area contributed by atoms with Crippen LogP contribution in [0.3, 0.4) is 0 Å². The first-order valence-electron chi connectivity index (χ1n) is 8.01. The molecule has 0 atom stereocenters. The van der Waals surface area contributed by atoms with Gasteiger partial charge in [0.2, 0.25) is 0 Å². The molecule has 0 unspecified atom stereocenters. The van der Waals surface area contributed by atoms with Crippen molar-refractivity contribution in [2.45, 2.75) is 44.4 Å². The molecule has 2 nitrogen and oxygen atoms in total. The van der Waals surface area contributed by atoms with E-state index in [1.165, 1.54) is 43.2 Å². The van der Waals surface area contributed by atoms with Gasteiger partial charge in [-0.25, -0.2) is 4.98 Å². The Morgan fingerprint density at radius 2 is 1.81 bits per heavy atom. The number of nitrogens with one attached hydrogen (secondary N) is 1. The molecule has 1 aliphatic carbocycles. The fourth-order valence-electron chi connectivity index (χ4n) is 3.48. The van der Waals surface area contributed by atoms with Crippen molar-refractivity contribution in [1.82, 2.24) is 4.98 Å². The second-order valence-electron chi connectivity index (χ2n) is 6.28. The lowest BCUT2D eigenvalue weighted by molar-refractivity contribution is 0.308. The van der Waals surface area contributed by atoms with E-state index < -0.39 is 0 Å².